The van der Waals surface area contributed by atoms with Crippen LogP contribution in [0.1, 0.15) is 37.0 Å². The van der Waals surface area contributed by atoms with Crippen LogP contribution in [0.5, 0.6) is 5.75 Å². The molecule has 1 amide bonds. The first-order valence-electron chi connectivity index (χ1n) is 5.90. The third kappa shape index (κ3) is 2.98. The SMILES string of the molecule is CCC(CC)(CO)NC(=O)c1ccc(F)cc1O. The molecule has 1 aromatic carbocycles. The maximum absolute atomic E-state index is 12.8. The number of carbonyl (C=O) groups is 1. The number of rotatable bonds is 5. The molecule has 18 heavy (non-hydrogen) atoms. The second kappa shape index (κ2) is 5.82. The van der Waals surface area contributed by atoms with Crippen LogP contribution in [0, 0.1) is 5.82 Å². The molecule has 0 spiro atoms. The fraction of sp³-hybridized carbons (Fsp3) is 0.462. The van der Waals surface area contributed by atoms with Gasteiger partial charge in [0.05, 0.1) is 17.7 Å². The number of aliphatic hydroxyl groups excluding tert-OH is 1. The van der Waals surface area contributed by atoms with Gasteiger partial charge in [-0.05, 0) is 25.0 Å². The lowest BCUT2D eigenvalue weighted by molar-refractivity contribution is 0.0815. The summed E-state index contributed by atoms with van der Waals surface area (Å²) in [5, 5.41) is 21.5. The number of aromatic hydroxyl groups is 1. The number of benzene rings is 1. The molecular weight excluding hydrogens is 237 g/mol. The Morgan fingerprint density at radius 2 is 2.00 bits per heavy atom. The summed E-state index contributed by atoms with van der Waals surface area (Å²) in [4.78, 5) is 12.0. The minimum absolute atomic E-state index is 0.00359. The zero-order valence-corrected chi connectivity index (χ0v) is 10.5. The molecule has 4 nitrogen and oxygen atoms in total. The average molecular weight is 255 g/mol. The van der Waals surface area contributed by atoms with E-state index in [1.54, 1.807) is 0 Å². The van der Waals surface area contributed by atoms with Gasteiger partial charge in [-0.3, -0.25) is 4.79 Å². The number of carbonyl (C=O) groups excluding carboxylic acids is 1. The summed E-state index contributed by atoms with van der Waals surface area (Å²) in [6, 6.07) is 3.20. The Hall–Kier alpha value is -1.62. The number of phenolic OH excluding ortho intramolecular Hbond substituents is 1. The van der Waals surface area contributed by atoms with Gasteiger partial charge in [-0.25, -0.2) is 4.39 Å². The van der Waals surface area contributed by atoms with Crippen molar-refractivity contribution in [1.82, 2.24) is 5.32 Å². The molecule has 100 valence electrons. The van der Waals surface area contributed by atoms with Gasteiger partial charge in [0, 0.05) is 6.07 Å². The largest absolute Gasteiger partial charge is 0.507 e. The van der Waals surface area contributed by atoms with Crippen LogP contribution in [0.2, 0.25) is 0 Å². The molecule has 0 radical (unpaired) electrons. The fourth-order valence-electron chi connectivity index (χ4n) is 1.69. The van der Waals surface area contributed by atoms with E-state index in [-0.39, 0.29) is 12.2 Å². The molecule has 0 atom stereocenters. The van der Waals surface area contributed by atoms with E-state index in [1.807, 2.05) is 13.8 Å². The van der Waals surface area contributed by atoms with Gasteiger partial charge in [-0.1, -0.05) is 13.8 Å². The van der Waals surface area contributed by atoms with Crippen molar-refractivity contribution >= 4 is 5.91 Å². The Morgan fingerprint density at radius 1 is 1.39 bits per heavy atom. The van der Waals surface area contributed by atoms with E-state index in [0.29, 0.717) is 12.8 Å². The predicted octanol–water partition coefficient (Wildman–Crippen LogP) is 1.81. The number of halogens is 1. The van der Waals surface area contributed by atoms with Gasteiger partial charge in [-0.15, -0.1) is 0 Å². The van der Waals surface area contributed by atoms with Gasteiger partial charge in [0.2, 0.25) is 0 Å². The third-order valence-corrected chi connectivity index (χ3v) is 3.24. The van der Waals surface area contributed by atoms with Gasteiger partial charge in [-0.2, -0.15) is 0 Å². The highest BCUT2D eigenvalue weighted by Crippen LogP contribution is 2.20. The third-order valence-electron chi connectivity index (χ3n) is 3.24. The summed E-state index contributed by atoms with van der Waals surface area (Å²) in [5.41, 5.74) is -0.714. The summed E-state index contributed by atoms with van der Waals surface area (Å²) in [6.07, 6.45) is 1.13. The molecule has 0 bridgehead atoms. The molecule has 0 saturated carbocycles. The van der Waals surface area contributed by atoms with Crippen LogP contribution in [0.3, 0.4) is 0 Å². The normalized spacial score (nSPS) is 11.3. The highest BCUT2D eigenvalue weighted by atomic mass is 19.1. The Balaban J connectivity index is 2.94. The van der Waals surface area contributed by atoms with Gasteiger partial charge in [0.15, 0.2) is 0 Å². The molecule has 5 heteroatoms. The molecule has 0 fully saturated rings. The number of phenols is 1. The molecule has 1 rings (SSSR count). The molecule has 0 aliphatic carbocycles. The maximum atomic E-state index is 12.8. The minimum Gasteiger partial charge on any atom is -0.507 e. The Morgan fingerprint density at radius 3 is 2.44 bits per heavy atom. The van der Waals surface area contributed by atoms with Crippen LogP contribution in [0.15, 0.2) is 18.2 Å². The summed E-state index contributed by atoms with van der Waals surface area (Å²) in [6.45, 7) is 3.52. The quantitative estimate of drug-likeness (QED) is 0.751. The molecule has 0 unspecified atom stereocenters. The highest BCUT2D eigenvalue weighted by molar-refractivity contribution is 5.97. The molecule has 0 aliphatic heterocycles. The second-order valence-electron chi connectivity index (χ2n) is 4.26. The van der Waals surface area contributed by atoms with Gasteiger partial charge >= 0.3 is 0 Å². The van der Waals surface area contributed by atoms with Crippen molar-refractivity contribution in [3.05, 3.63) is 29.6 Å². The molecule has 3 N–H and O–H groups in total. The molecule has 0 heterocycles. The average Bonchev–Trinajstić information content (AvgIpc) is 2.36. The standard InChI is InChI=1S/C13H18FNO3/c1-3-13(4-2,8-16)15-12(18)10-6-5-9(14)7-11(10)17/h5-7,16-17H,3-4,8H2,1-2H3,(H,15,18). The summed E-state index contributed by atoms with van der Waals surface area (Å²) >= 11 is 0. The topological polar surface area (TPSA) is 69.6 Å². The minimum atomic E-state index is -0.710. The zero-order chi connectivity index (χ0) is 13.8. The summed E-state index contributed by atoms with van der Waals surface area (Å²) < 4.78 is 12.8. The van der Waals surface area contributed by atoms with Crippen LogP contribution < -0.4 is 5.32 Å². The lowest BCUT2D eigenvalue weighted by Gasteiger charge is -2.30. The van der Waals surface area contributed by atoms with Crippen LogP contribution in [-0.2, 0) is 0 Å². The van der Waals surface area contributed by atoms with Crippen LogP contribution in [-0.4, -0.2) is 28.3 Å². The van der Waals surface area contributed by atoms with Crippen molar-refractivity contribution in [2.75, 3.05) is 6.61 Å². The number of amides is 1. The van der Waals surface area contributed by atoms with E-state index in [4.69, 9.17) is 0 Å². The number of nitrogens with one attached hydrogen (secondary N) is 1. The van der Waals surface area contributed by atoms with E-state index in [2.05, 4.69) is 5.32 Å². The van der Waals surface area contributed by atoms with E-state index in [0.717, 1.165) is 12.1 Å². The monoisotopic (exact) mass is 255 g/mol. The first-order valence-corrected chi connectivity index (χ1v) is 5.90. The van der Waals surface area contributed by atoms with E-state index < -0.39 is 23.0 Å². The maximum Gasteiger partial charge on any atom is 0.255 e. The van der Waals surface area contributed by atoms with Crippen molar-refractivity contribution in [2.24, 2.45) is 0 Å². The van der Waals surface area contributed by atoms with Crippen molar-refractivity contribution in [2.45, 2.75) is 32.2 Å². The zero-order valence-electron chi connectivity index (χ0n) is 10.5. The van der Waals surface area contributed by atoms with Crippen LogP contribution in [0.4, 0.5) is 4.39 Å². The lowest BCUT2D eigenvalue weighted by atomic mass is 9.93. The van der Waals surface area contributed by atoms with Crippen molar-refractivity contribution in [3.8, 4) is 5.75 Å². The Bertz CT molecular complexity index is 422. The van der Waals surface area contributed by atoms with E-state index in [1.165, 1.54) is 6.07 Å². The highest BCUT2D eigenvalue weighted by Gasteiger charge is 2.28. The first-order chi connectivity index (χ1) is 8.48. The van der Waals surface area contributed by atoms with E-state index in [9.17, 15) is 19.4 Å². The predicted molar refractivity (Wildman–Crippen MR) is 65.9 cm³/mol. The lowest BCUT2D eigenvalue weighted by Crippen LogP contribution is -2.50. The van der Waals surface area contributed by atoms with Gasteiger partial charge in [0.25, 0.3) is 5.91 Å². The van der Waals surface area contributed by atoms with Crippen molar-refractivity contribution < 1.29 is 19.4 Å². The van der Waals surface area contributed by atoms with Gasteiger partial charge < -0.3 is 15.5 Å². The molecule has 0 aromatic heterocycles. The number of aliphatic hydroxyl groups is 1. The smallest absolute Gasteiger partial charge is 0.255 e. The van der Waals surface area contributed by atoms with Crippen molar-refractivity contribution in [3.63, 3.8) is 0 Å². The first kappa shape index (κ1) is 14.4. The van der Waals surface area contributed by atoms with Gasteiger partial charge in [0.1, 0.15) is 11.6 Å². The second-order valence-corrected chi connectivity index (χ2v) is 4.26. The van der Waals surface area contributed by atoms with E-state index >= 15 is 0 Å². The van der Waals surface area contributed by atoms with Crippen LogP contribution >= 0.6 is 0 Å². The fourth-order valence-corrected chi connectivity index (χ4v) is 1.69. The molecule has 0 saturated heterocycles. The molecular formula is C13H18FNO3. The van der Waals surface area contributed by atoms with Crippen LogP contribution in [0.25, 0.3) is 0 Å². The summed E-state index contributed by atoms with van der Waals surface area (Å²) in [5.74, 6) is -1.54. The number of hydrogen-bond acceptors (Lipinski definition) is 3. The Kier molecular flexibility index (Phi) is 4.67. The Labute approximate surface area is 105 Å². The number of hydrogen-bond donors (Lipinski definition) is 3. The van der Waals surface area contributed by atoms with Crippen molar-refractivity contribution in [1.29, 1.82) is 0 Å². The molecule has 1 aromatic rings. The molecule has 0 aliphatic rings. The summed E-state index contributed by atoms with van der Waals surface area (Å²) in [7, 11) is 0.